The van der Waals surface area contributed by atoms with Crippen LogP contribution in [0.1, 0.15) is 33.1 Å². The Morgan fingerprint density at radius 3 is 2.73 bits per heavy atom. The van der Waals surface area contributed by atoms with Crippen molar-refractivity contribution in [2.24, 2.45) is 16.6 Å². The van der Waals surface area contributed by atoms with Gasteiger partial charge >= 0.3 is 0 Å². The SMILES string of the molecule is C/C=N/CCC(C)CCCN. The highest BCUT2D eigenvalue weighted by atomic mass is 14.7. The Morgan fingerprint density at radius 2 is 2.18 bits per heavy atom. The van der Waals surface area contributed by atoms with Crippen LogP contribution in [0, 0.1) is 5.92 Å². The van der Waals surface area contributed by atoms with Crippen molar-refractivity contribution >= 4 is 6.21 Å². The van der Waals surface area contributed by atoms with Crippen molar-refractivity contribution in [3.8, 4) is 0 Å². The molecule has 0 heterocycles. The Balaban J connectivity index is 3.15. The van der Waals surface area contributed by atoms with E-state index in [0.717, 1.165) is 25.4 Å². The number of nitrogens with zero attached hydrogens (tertiary/aromatic N) is 1. The quantitative estimate of drug-likeness (QED) is 0.585. The molecule has 0 radical (unpaired) electrons. The molecule has 0 aliphatic rings. The van der Waals surface area contributed by atoms with Crippen LogP contribution in [0.2, 0.25) is 0 Å². The van der Waals surface area contributed by atoms with Gasteiger partial charge in [0.2, 0.25) is 0 Å². The third kappa shape index (κ3) is 7.53. The maximum atomic E-state index is 5.40. The van der Waals surface area contributed by atoms with Crippen LogP contribution < -0.4 is 5.73 Å². The van der Waals surface area contributed by atoms with Crippen LogP contribution in [0.5, 0.6) is 0 Å². The smallest absolute Gasteiger partial charge is 0.0387 e. The molecule has 0 saturated heterocycles. The molecule has 0 aromatic rings. The van der Waals surface area contributed by atoms with Crippen LogP contribution in [0.15, 0.2) is 4.99 Å². The standard InChI is InChI=1S/C9H20N2/c1-3-11-8-6-9(2)5-4-7-10/h3,9H,4-8,10H2,1-2H3/b11-3+. The Hall–Kier alpha value is -0.370. The summed E-state index contributed by atoms with van der Waals surface area (Å²) in [6.45, 7) is 6.02. The molecule has 0 bridgehead atoms. The number of hydrogen-bond donors (Lipinski definition) is 1. The van der Waals surface area contributed by atoms with Crippen LogP contribution in [0.3, 0.4) is 0 Å². The summed E-state index contributed by atoms with van der Waals surface area (Å²) in [5.74, 6) is 0.780. The molecule has 1 unspecified atom stereocenters. The van der Waals surface area contributed by atoms with Gasteiger partial charge in [0.15, 0.2) is 0 Å². The van der Waals surface area contributed by atoms with E-state index in [1.54, 1.807) is 0 Å². The largest absolute Gasteiger partial charge is 0.330 e. The first-order valence-electron chi connectivity index (χ1n) is 4.45. The minimum Gasteiger partial charge on any atom is -0.330 e. The summed E-state index contributed by atoms with van der Waals surface area (Å²) < 4.78 is 0. The van der Waals surface area contributed by atoms with Crippen molar-refractivity contribution in [2.45, 2.75) is 33.1 Å². The average molecular weight is 156 g/mol. The first-order valence-corrected chi connectivity index (χ1v) is 4.45. The fraction of sp³-hybridized carbons (Fsp3) is 0.889. The highest BCUT2D eigenvalue weighted by molar-refractivity contribution is 5.53. The van der Waals surface area contributed by atoms with Crippen LogP contribution in [-0.4, -0.2) is 19.3 Å². The third-order valence-electron chi connectivity index (χ3n) is 1.83. The van der Waals surface area contributed by atoms with E-state index in [-0.39, 0.29) is 0 Å². The molecule has 0 aromatic heterocycles. The highest BCUT2D eigenvalue weighted by Gasteiger charge is 1.98. The number of rotatable bonds is 6. The van der Waals surface area contributed by atoms with E-state index in [1.807, 2.05) is 13.1 Å². The van der Waals surface area contributed by atoms with E-state index in [4.69, 9.17) is 5.73 Å². The fourth-order valence-corrected chi connectivity index (χ4v) is 1.03. The lowest BCUT2D eigenvalue weighted by molar-refractivity contribution is 0.485. The molecule has 11 heavy (non-hydrogen) atoms. The van der Waals surface area contributed by atoms with E-state index in [2.05, 4.69) is 11.9 Å². The van der Waals surface area contributed by atoms with Gasteiger partial charge < -0.3 is 5.73 Å². The maximum absolute atomic E-state index is 5.40. The Morgan fingerprint density at radius 1 is 1.45 bits per heavy atom. The van der Waals surface area contributed by atoms with Crippen molar-refractivity contribution < 1.29 is 0 Å². The normalized spacial score (nSPS) is 14.1. The molecule has 1 atom stereocenters. The van der Waals surface area contributed by atoms with E-state index in [0.29, 0.717) is 0 Å². The van der Waals surface area contributed by atoms with Crippen molar-refractivity contribution in [3.63, 3.8) is 0 Å². The molecule has 2 nitrogen and oxygen atoms in total. The summed E-state index contributed by atoms with van der Waals surface area (Å²) in [4.78, 5) is 4.16. The number of aliphatic imine (C=N–C) groups is 1. The lowest BCUT2D eigenvalue weighted by atomic mass is 10.0. The monoisotopic (exact) mass is 156 g/mol. The zero-order valence-electron chi connectivity index (χ0n) is 7.71. The lowest BCUT2D eigenvalue weighted by Crippen LogP contribution is -2.03. The zero-order valence-corrected chi connectivity index (χ0v) is 7.71. The summed E-state index contributed by atoms with van der Waals surface area (Å²) in [7, 11) is 0. The second-order valence-electron chi connectivity index (χ2n) is 2.99. The lowest BCUT2D eigenvalue weighted by Gasteiger charge is -2.07. The molecular formula is C9H20N2. The first-order chi connectivity index (χ1) is 5.31. The van der Waals surface area contributed by atoms with Crippen molar-refractivity contribution in [3.05, 3.63) is 0 Å². The highest BCUT2D eigenvalue weighted by Crippen LogP contribution is 2.08. The van der Waals surface area contributed by atoms with Gasteiger partial charge in [0.1, 0.15) is 0 Å². The topological polar surface area (TPSA) is 38.4 Å². The van der Waals surface area contributed by atoms with Crippen LogP contribution >= 0.6 is 0 Å². The van der Waals surface area contributed by atoms with Gasteiger partial charge in [0.25, 0.3) is 0 Å². The molecule has 0 amide bonds. The van der Waals surface area contributed by atoms with Crippen LogP contribution in [-0.2, 0) is 0 Å². The second-order valence-corrected chi connectivity index (χ2v) is 2.99. The summed E-state index contributed by atoms with van der Waals surface area (Å²) in [6.07, 6.45) is 5.47. The minimum absolute atomic E-state index is 0.780. The predicted octanol–water partition coefficient (Wildman–Crippen LogP) is 1.84. The van der Waals surface area contributed by atoms with Crippen molar-refractivity contribution in [1.82, 2.24) is 0 Å². The van der Waals surface area contributed by atoms with Gasteiger partial charge in [0.05, 0.1) is 0 Å². The number of nitrogens with two attached hydrogens (primary N) is 1. The summed E-state index contributed by atoms with van der Waals surface area (Å²) in [5, 5.41) is 0. The zero-order chi connectivity index (χ0) is 8.53. The Labute approximate surface area is 69.9 Å². The van der Waals surface area contributed by atoms with E-state index < -0.39 is 0 Å². The minimum atomic E-state index is 0.780. The van der Waals surface area contributed by atoms with Gasteiger partial charge in [-0.15, -0.1) is 0 Å². The Kier molecular flexibility index (Phi) is 7.47. The first kappa shape index (κ1) is 10.6. The molecule has 0 aromatic carbocycles. The molecule has 0 aliphatic heterocycles. The molecule has 0 aliphatic carbocycles. The van der Waals surface area contributed by atoms with Crippen LogP contribution in [0.25, 0.3) is 0 Å². The summed E-state index contributed by atoms with van der Waals surface area (Å²) in [6, 6.07) is 0. The molecule has 66 valence electrons. The average Bonchev–Trinajstić information content (AvgIpc) is 2.01. The van der Waals surface area contributed by atoms with Gasteiger partial charge in [-0.1, -0.05) is 6.92 Å². The third-order valence-corrected chi connectivity index (χ3v) is 1.83. The molecular weight excluding hydrogens is 136 g/mol. The summed E-state index contributed by atoms with van der Waals surface area (Å²) in [5.41, 5.74) is 5.40. The molecule has 2 heteroatoms. The van der Waals surface area contributed by atoms with Crippen molar-refractivity contribution in [2.75, 3.05) is 13.1 Å². The van der Waals surface area contributed by atoms with Gasteiger partial charge in [-0.3, -0.25) is 4.99 Å². The molecule has 0 fully saturated rings. The van der Waals surface area contributed by atoms with Crippen LogP contribution in [0.4, 0.5) is 0 Å². The predicted molar refractivity (Wildman–Crippen MR) is 51.1 cm³/mol. The van der Waals surface area contributed by atoms with Crippen molar-refractivity contribution in [1.29, 1.82) is 0 Å². The summed E-state index contributed by atoms with van der Waals surface area (Å²) >= 11 is 0. The van der Waals surface area contributed by atoms with Gasteiger partial charge in [-0.25, -0.2) is 0 Å². The van der Waals surface area contributed by atoms with Gasteiger partial charge in [0, 0.05) is 6.54 Å². The maximum Gasteiger partial charge on any atom is 0.0387 e. The molecule has 0 saturated carbocycles. The number of hydrogen-bond acceptors (Lipinski definition) is 2. The molecule has 0 spiro atoms. The Bertz CT molecular complexity index is 99.7. The molecule has 0 rings (SSSR count). The van der Waals surface area contributed by atoms with Gasteiger partial charge in [-0.05, 0) is 44.9 Å². The van der Waals surface area contributed by atoms with E-state index in [9.17, 15) is 0 Å². The van der Waals surface area contributed by atoms with E-state index in [1.165, 1.54) is 12.8 Å². The molecule has 2 N–H and O–H groups in total. The second kappa shape index (κ2) is 7.73. The fourth-order valence-electron chi connectivity index (χ4n) is 1.03. The van der Waals surface area contributed by atoms with Gasteiger partial charge in [-0.2, -0.15) is 0 Å². The van der Waals surface area contributed by atoms with E-state index >= 15 is 0 Å².